The maximum Gasteiger partial charge on any atom is 0.425 e. The van der Waals surface area contributed by atoms with Crippen molar-refractivity contribution in [2.24, 2.45) is 10.7 Å². The molecule has 3 rings (SSSR count). The van der Waals surface area contributed by atoms with Crippen LogP contribution in [0, 0.1) is 23.0 Å². The first-order valence-corrected chi connectivity index (χ1v) is 8.68. The van der Waals surface area contributed by atoms with Crippen molar-refractivity contribution in [3.8, 4) is 6.07 Å². The summed E-state index contributed by atoms with van der Waals surface area (Å²) in [6.07, 6.45) is -6.91. The van der Waals surface area contributed by atoms with E-state index in [2.05, 4.69) is 20.0 Å². The number of anilines is 1. The maximum absolute atomic E-state index is 14.5. The molecule has 3 N–H and O–H groups in total. The van der Waals surface area contributed by atoms with Crippen molar-refractivity contribution in [3.05, 3.63) is 58.9 Å². The summed E-state index contributed by atoms with van der Waals surface area (Å²) in [4.78, 5) is 19.9. The number of rotatable bonds is 3. The summed E-state index contributed by atoms with van der Waals surface area (Å²) in [5.74, 6) is -3.66. The molecule has 0 unspecified atom stereocenters. The first-order chi connectivity index (χ1) is 14.4. The Morgan fingerprint density at radius 1 is 1.35 bits per heavy atom. The monoisotopic (exact) mass is 439 g/mol. The second kappa shape index (κ2) is 7.82. The van der Waals surface area contributed by atoms with Crippen LogP contribution in [0.5, 0.6) is 0 Å². The van der Waals surface area contributed by atoms with Gasteiger partial charge in [0, 0.05) is 29.9 Å². The van der Waals surface area contributed by atoms with Gasteiger partial charge in [-0.1, -0.05) is 0 Å². The molecule has 0 fully saturated rings. The third-order valence-electron chi connectivity index (χ3n) is 4.56. The smallest absolute Gasteiger partial charge is 0.425 e. The minimum Gasteiger partial charge on any atom is -0.452 e. The minimum atomic E-state index is -4.82. The Hall–Kier alpha value is -3.75. The Morgan fingerprint density at radius 2 is 2.06 bits per heavy atom. The van der Waals surface area contributed by atoms with Gasteiger partial charge in [-0.3, -0.25) is 4.79 Å². The lowest BCUT2D eigenvalue weighted by atomic mass is 9.85. The zero-order chi connectivity index (χ0) is 23.0. The SMILES string of the molecule is C[C@]1(c2cc(NC(=O)c3ccc(C#N)cn3)cc(F)c2F)C[C@@H](C(F)(F)F)OC(N)=N1. The van der Waals surface area contributed by atoms with Crippen LogP contribution in [0.3, 0.4) is 0 Å². The fraction of sp³-hybridized carbons (Fsp3) is 0.263. The van der Waals surface area contributed by atoms with Gasteiger partial charge in [-0.15, -0.1) is 0 Å². The number of amides is 1. The highest BCUT2D eigenvalue weighted by atomic mass is 19.4. The van der Waals surface area contributed by atoms with E-state index in [1.165, 1.54) is 12.1 Å². The highest BCUT2D eigenvalue weighted by Gasteiger charge is 2.50. The summed E-state index contributed by atoms with van der Waals surface area (Å²) in [7, 11) is 0. The number of benzene rings is 1. The number of hydrogen-bond donors (Lipinski definition) is 2. The summed E-state index contributed by atoms with van der Waals surface area (Å²) in [5, 5.41) is 11.0. The van der Waals surface area contributed by atoms with Crippen molar-refractivity contribution >= 4 is 17.6 Å². The van der Waals surface area contributed by atoms with Crippen molar-refractivity contribution in [1.29, 1.82) is 5.26 Å². The Bertz CT molecular complexity index is 1090. The summed E-state index contributed by atoms with van der Waals surface area (Å²) < 4.78 is 72.7. The second-order valence-corrected chi connectivity index (χ2v) is 6.89. The fourth-order valence-corrected chi connectivity index (χ4v) is 3.06. The van der Waals surface area contributed by atoms with E-state index in [-0.39, 0.29) is 16.9 Å². The van der Waals surface area contributed by atoms with E-state index in [0.29, 0.717) is 6.07 Å². The summed E-state index contributed by atoms with van der Waals surface area (Å²) in [6, 6.07) is 5.20. The number of nitrogens with one attached hydrogen (secondary N) is 1. The summed E-state index contributed by atoms with van der Waals surface area (Å²) >= 11 is 0. The van der Waals surface area contributed by atoms with Crippen molar-refractivity contribution < 1.29 is 31.5 Å². The van der Waals surface area contributed by atoms with Gasteiger partial charge in [0.1, 0.15) is 11.8 Å². The van der Waals surface area contributed by atoms with Gasteiger partial charge in [0.2, 0.25) is 0 Å². The number of aliphatic imine (C=N–C) groups is 1. The first kappa shape index (κ1) is 21.9. The third-order valence-corrected chi connectivity index (χ3v) is 4.56. The standard InChI is InChI=1S/C19H14F5N5O2/c1-18(6-14(19(22,23)24)31-17(26)29-18)11-4-10(5-12(20)15(11)21)28-16(30)13-3-2-9(7-25)8-27-13/h2-5,8,14H,6H2,1H3,(H2,26,29)(H,28,30)/t14-,18+/m0/s1. The van der Waals surface area contributed by atoms with Crippen LogP contribution in [0.25, 0.3) is 0 Å². The quantitative estimate of drug-likeness (QED) is 0.712. The Kier molecular flexibility index (Phi) is 5.54. The molecule has 1 aromatic heterocycles. The third kappa shape index (κ3) is 4.55. The van der Waals surface area contributed by atoms with Crippen molar-refractivity contribution in [1.82, 2.24) is 4.98 Å². The molecule has 0 saturated heterocycles. The molecule has 2 aromatic rings. The Labute approximate surface area is 172 Å². The Morgan fingerprint density at radius 3 is 2.65 bits per heavy atom. The number of hydrogen-bond acceptors (Lipinski definition) is 6. The molecule has 0 saturated carbocycles. The van der Waals surface area contributed by atoms with Crippen LogP contribution in [0.2, 0.25) is 0 Å². The molecule has 0 aliphatic carbocycles. The van der Waals surface area contributed by atoms with E-state index < -0.39 is 53.4 Å². The number of nitrogens with zero attached hydrogens (tertiary/aromatic N) is 3. The molecule has 0 radical (unpaired) electrons. The van der Waals surface area contributed by atoms with Crippen LogP contribution in [-0.4, -0.2) is 29.2 Å². The van der Waals surface area contributed by atoms with Crippen LogP contribution in [0.1, 0.15) is 35.0 Å². The topological polar surface area (TPSA) is 113 Å². The molecule has 1 aromatic carbocycles. The van der Waals surface area contributed by atoms with Gasteiger partial charge in [0.05, 0.1) is 11.1 Å². The second-order valence-electron chi connectivity index (χ2n) is 6.89. The lowest BCUT2D eigenvalue weighted by Crippen LogP contribution is -2.46. The molecule has 31 heavy (non-hydrogen) atoms. The molecule has 0 bridgehead atoms. The highest BCUT2D eigenvalue weighted by Crippen LogP contribution is 2.41. The molecule has 2 atom stereocenters. The molecule has 0 spiro atoms. The first-order valence-electron chi connectivity index (χ1n) is 8.68. The lowest BCUT2D eigenvalue weighted by Gasteiger charge is -2.36. The van der Waals surface area contributed by atoms with Crippen LogP contribution in [0.15, 0.2) is 35.5 Å². The lowest BCUT2D eigenvalue weighted by molar-refractivity contribution is -0.208. The maximum atomic E-state index is 14.5. The number of carbonyl (C=O) groups is 1. The number of pyridine rings is 1. The average molecular weight is 439 g/mol. The van der Waals surface area contributed by atoms with E-state index in [4.69, 9.17) is 11.0 Å². The Balaban J connectivity index is 1.96. The van der Waals surface area contributed by atoms with Gasteiger partial charge >= 0.3 is 6.18 Å². The van der Waals surface area contributed by atoms with Crippen molar-refractivity contribution in [2.75, 3.05) is 5.32 Å². The molecule has 2 heterocycles. The number of alkyl halides is 3. The number of amidine groups is 1. The van der Waals surface area contributed by atoms with E-state index in [1.54, 1.807) is 0 Å². The van der Waals surface area contributed by atoms with Crippen LogP contribution >= 0.6 is 0 Å². The predicted molar refractivity (Wildman–Crippen MR) is 97.8 cm³/mol. The van der Waals surface area contributed by atoms with Gasteiger partial charge in [-0.2, -0.15) is 18.4 Å². The van der Waals surface area contributed by atoms with Crippen molar-refractivity contribution in [3.63, 3.8) is 0 Å². The van der Waals surface area contributed by atoms with E-state index in [1.807, 2.05) is 6.07 Å². The van der Waals surface area contributed by atoms with Crippen LogP contribution in [-0.2, 0) is 10.3 Å². The molecule has 1 aliphatic heterocycles. The van der Waals surface area contributed by atoms with E-state index in [9.17, 15) is 26.7 Å². The number of aromatic nitrogens is 1. The molecule has 12 heteroatoms. The van der Waals surface area contributed by atoms with E-state index in [0.717, 1.165) is 19.2 Å². The van der Waals surface area contributed by atoms with Crippen LogP contribution < -0.4 is 11.1 Å². The van der Waals surface area contributed by atoms with E-state index >= 15 is 0 Å². The highest BCUT2D eigenvalue weighted by molar-refractivity contribution is 6.02. The predicted octanol–water partition coefficient (Wildman–Crippen LogP) is 3.36. The van der Waals surface area contributed by atoms with Gasteiger partial charge in [0.25, 0.3) is 11.9 Å². The van der Waals surface area contributed by atoms with Gasteiger partial charge in [-0.25, -0.2) is 18.8 Å². The van der Waals surface area contributed by atoms with Gasteiger partial charge < -0.3 is 15.8 Å². The average Bonchev–Trinajstić information content (AvgIpc) is 2.69. The van der Waals surface area contributed by atoms with Gasteiger partial charge in [-0.05, 0) is 25.1 Å². The molecule has 7 nitrogen and oxygen atoms in total. The number of halogens is 5. The summed E-state index contributed by atoms with van der Waals surface area (Å²) in [6.45, 7) is 1.15. The minimum absolute atomic E-state index is 0.123. The zero-order valence-electron chi connectivity index (χ0n) is 15.8. The number of nitriles is 1. The fourth-order valence-electron chi connectivity index (χ4n) is 3.06. The summed E-state index contributed by atoms with van der Waals surface area (Å²) in [5.41, 5.74) is 2.73. The normalized spacial score (nSPS) is 20.9. The van der Waals surface area contributed by atoms with Crippen LogP contribution in [0.4, 0.5) is 27.6 Å². The molecule has 1 aliphatic rings. The zero-order valence-corrected chi connectivity index (χ0v) is 15.8. The number of nitrogens with two attached hydrogens (primary N) is 1. The molecular weight excluding hydrogens is 425 g/mol. The van der Waals surface area contributed by atoms with Crippen molar-refractivity contribution in [2.45, 2.75) is 31.2 Å². The number of ether oxygens (including phenoxy) is 1. The molecular formula is C19H14F5N5O2. The number of carbonyl (C=O) groups excluding carboxylic acids is 1. The van der Waals surface area contributed by atoms with Gasteiger partial charge in [0.15, 0.2) is 17.7 Å². The largest absolute Gasteiger partial charge is 0.452 e. The molecule has 162 valence electrons. The molecule has 1 amide bonds.